The van der Waals surface area contributed by atoms with Gasteiger partial charge in [0.15, 0.2) is 11.5 Å². The molecule has 0 unspecified atom stereocenters. The summed E-state index contributed by atoms with van der Waals surface area (Å²) in [5.74, 6) is 0.483. The maximum absolute atomic E-state index is 9.64. The lowest BCUT2D eigenvalue weighted by atomic mass is 10.1. The highest BCUT2D eigenvalue weighted by molar-refractivity contribution is 9.13. The van der Waals surface area contributed by atoms with Gasteiger partial charge in [0.1, 0.15) is 0 Å². The quantitative estimate of drug-likeness (QED) is 0.879. The second-order valence-electron chi connectivity index (χ2n) is 2.93. The van der Waals surface area contributed by atoms with Gasteiger partial charge in [0.2, 0.25) is 0 Å². The first kappa shape index (κ1) is 11.8. The summed E-state index contributed by atoms with van der Waals surface area (Å²) in [6.07, 6.45) is 0. The summed E-state index contributed by atoms with van der Waals surface area (Å²) in [4.78, 5) is 0. The number of ether oxygens (including phenoxy) is 1. The average Bonchev–Trinajstić information content (AvgIpc) is 2.14. The zero-order valence-corrected chi connectivity index (χ0v) is 11.0. The number of halogens is 2. The van der Waals surface area contributed by atoms with Crippen LogP contribution < -0.4 is 10.5 Å². The number of methoxy groups -OCH3 is 1. The molecule has 78 valence electrons. The Balaban J connectivity index is 3.40. The van der Waals surface area contributed by atoms with Crippen LogP contribution in [0.4, 0.5) is 0 Å². The normalized spacial score (nSPS) is 12.6. The van der Waals surface area contributed by atoms with Crippen LogP contribution >= 0.6 is 31.9 Å². The first-order valence-corrected chi connectivity index (χ1v) is 5.58. The van der Waals surface area contributed by atoms with Crippen LogP contribution in [0, 0.1) is 0 Å². The van der Waals surface area contributed by atoms with Gasteiger partial charge in [-0.15, -0.1) is 0 Å². The third-order valence-corrected chi connectivity index (χ3v) is 4.04. The summed E-state index contributed by atoms with van der Waals surface area (Å²) in [6, 6.07) is 1.59. The lowest BCUT2D eigenvalue weighted by Crippen LogP contribution is -2.06. The number of benzene rings is 1. The van der Waals surface area contributed by atoms with Crippen LogP contribution in [0.5, 0.6) is 11.5 Å². The minimum absolute atomic E-state index is 0.0729. The van der Waals surface area contributed by atoms with E-state index in [-0.39, 0.29) is 11.8 Å². The van der Waals surface area contributed by atoms with Crippen LogP contribution in [0.2, 0.25) is 0 Å². The third kappa shape index (κ3) is 2.04. The Morgan fingerprint density at radius 2 is 2.00 bits per heavy atom. The van der Waals surface area contributed by atoms with Crippen LogP contribution in [0.25, 0.3) is 0 Å². The van der Waals surface area contributed by atoms with E-state index in [0.717, 1.165) is 10.0 Å². The van der Waals surface area contributed by atoms with E-state index < -0.39 is 0 Å². The second-order valence-corrected chi connectivity index (χ2v) is 4.52. The molecule has 1 aromatic rings. The van der Waals surface area contributed by atoms with Crippen molar-refractivity contribution in [1.29, 1.82) is 0 Å². The standard InChI is InChI=1S/C9H11Br2NO2/c1-4(12)5-3-6(14-2)9(13)8(11)7(5)10/h3-4,13H,12H2,1-2H3/t4-/m0/s1. The van der Waals surface area contributed by atoms with Gasteiger partial charge in [-0.3, -0.25) is 0 Å². The topological polar surface area (TPSA) is 55.5 Å². The second kappa shape index (κ2) is 4.51. The summed E-state index contributed by atoms with van der Waals surface area (Å²) in [7, 11) is 1.50. The van der Waals surface area contributed by atoms with Gasteiger partial charge in [0, 0.05) is 10.5 Å². The molecular formula is C9H11Br2NO2. The van der Waals surface area contributed by atoms with Crippen LogP contribution in [-0.2, 0) is 0 Å². The molecule has 0 bridgehead atoms. The number of nitrogens with two attached hydrogens (primary N) is 1. The highest BCUT2D eigenvalue weighted by Crippen LogP contribution is 2.42. The van der Waals surface area contributed by atoms with Gasteiger partial charge in [-0.2, -0.15) is 0 Å². The lowest BCUT2D eigenvalue weighted by molar-refractivity contribution is 0.370. The molecule has 3 nitrogen and oxygen atoms in total. The van der Waals surface area contributed by atoms with Gasteiger partial charge in [-0.05, 0) is 50.4 Å². The van der Waals surface area contributed by atoms with E-state index in [0.29, 0.717) is 10.2 Å². The molecule has 0 heterocycles. The predicted molar refractivity (Wildman–Crippen MR) is 62.7 cm³/mol. The van der Waals surface area contributed by atoms with Crippen molar-refractivity contribution < 1.29 is 9.84 Å². The van der Waals surface area contributed by atoms with Gasteiger partial charge in [-0.25, -0.2) is 0 Å². The minimum Gasteiger partial charge on any atom is -0.503 e. The Morgan fingerprint density at radius 3 is 2.43 bits per heavy atom. The Labute approximate surface area is 99.5 Å². The molecule has 1 rings (SSSR count). The average molecular weight is 325 g/mol. The number of hydrogen-bond donors (Lipinski definition) is 2. The maximum atomic E-state index is 9.64. The molecule has 0 spiro atoms. The van der Waals surface area contributed by atoms with Gasteiger partial charge in [-0.1, -0.05) is 0 Å². The van der Waals surface area contributed by atoms with E-state index in [2.05, 4.69) is 31.9 Å². The maximum Gasteiger partial charge on any atom is 0.173 e. The lowest BCUT2D eigenvalue weighted by Gasteiger charge is -2.14. The monoisotopic (exact) mass is 323 g/mol. The Bertz CT molecular complexity index is 353. The zero-order valence-electron chi connectivity index (χ0n) is 7.84. The van der Waals surface area contributed by atoms with Crippen molar-refractivity contribution in [2.75, 3.05) is 7.11 Å². The first-order valence-electron chi connectivity index (χ1n) is 3.99. The van der Waals surface area contributed by atoms with Crippen molar-refractivity contribution in [3.05, 3.63) is 20.6 Å². The molecule has 0 radical (unpaired) electrons. The first-order chi connectivity index (χ1) is 6.49. The molecular weight excluding hydrogens is 314 g/mol. The molecule has 0 fully saturated rings. The van der Waals surface area contributed by atoms with E-state index in [1.54, 1.807) is 6.07 Å². The third-order valence-electron chi connectivity index (χ3n) is 1.88. The fourth-order valence-corrected chi connectivity index (χ4v) is 2.19. The van der Waals surface area contributed by atoms with E-state index in [1.807, 2.05) is 6.92 Å². The molecule has 1 aromatic carbocycles. The number of phenols is 1. The highest BCUT2D eigenvalue weighted by Gasteiger charge is 2.16. The van der Waals surface area contributed by atoms with Crippen molar-refractivity contribution in [3.8, 4) is 11.5 Å². The SMILES string of the molecule is COc1cc([C@H](C)N)c(Br)c(Br)c1O. The van der Waals surface area contributed by atoms with Crippen molar-refractivity contribution in [3.63, 3.8) is 0 Å². The minimum atomic E-state index is -0.129. The van der Waals surface area contributed by atoms with Gasteiger partial charge in [0.25, 0.3) is 0 Å². The molecule has 1 atom stereocenters. The molecule has 5 heteroatoms. The summed E-state index contributed by atoms with van der Waals surface area (Å²) in [6.45, 7) is 1.86. The number of aromatic hydroxyl groups is 1. The van der Waals surface area contributed by atoms with Crippen molar-refractivity contribution >= 4 is 31.9 Å². The predicted octanol–water partition coefficient (Wildman–Crippen LogP) is 2.95. The molecule has 0 amide bonds. The van der Waals surface area contributed by atoms with Crippen molar-refractivity contribution in [2.24, 2.45) is 5.73 Å². The largest absolute Gasteiger partial charge is 0.503 e. The Morgan fingerprint density at radius 1 is 1.43 bits per heavy atom. The van der Waals surface area contributed by atoms with Crippen molar-refractivity contribution in [2.45, 2.75) is 13.0 Å². The number of phenolic OH excluding ortho intramolecular Hbond substituents is 1. The summed E-state index contributed by atoms with van der Waals surface area (Å²) in [5, 5.41) is 9.64. The van der Waals surface area contributed by atoms with E-state index >= 15 is 0 Å². The summed E-state index contributed by atoms with van der Waals surface area (Å²) >= 11 is 6.61. The molecule has 0 aliphatic carbocycles. The molecule has 0 saturated heterocycles. The molecule has 3 N–H and O–H groups in total. The molecule has 0 aliphatic rings. The van der Waals surface area contributed by atoms with Gasteiger partial charge < -0.3 is 15.6 Å². The number of rotatable bonds is 2. The molecule has 0 saturated carbocycles. The van der Waals surface area contributed by atoms with Crippen LogP contribution in [0.1, 0.15) is 18.5 Å². The van der Waals surface area contributed by atoms with E-state index in [4.69, 9.17) is 10.5 Å². The van der Waals surface area contributed by atoms with Gasteiger partial charge in [0.05, 0.1) is 11.6 Å². The van der Waals surface area contributed by atoms with E-state index in [1.165, 1.54) is 7.11 Å². The molecule has 14 heavy (non-hydrogen) atoms. The van der Waals surface area contributed by atoms with Crippen LogP contribution in [0.3, 0.4) is 0 Å². The van der Waals surface area contributed by atoms with Gasteiger partial charge >= 0.3 is 0 Å². The Hall–Kier alpha value is -0.260. The summed E-state index contributed by atoms with van der Waals surface area (Å²) in [5.41, 5.74) is 6.65. The molecule has 0 aromatic heterocycles. The summed E-state index contributed by atoms with van der Waals surface area (Å²) < 4.78 is 6.33. The van der Waals surface area contributed by atoms with Crippen LogP contribution in [0.15, 0.2) is 15.0 Å². The zero-order chi connectivity index (χ0) is 10.9. The Kier molecular flexibility index (Phi) is 3.80. The number of hydrogen-bond acceptors (Lipinski definition) is 3. The van der Waals surface area contributed by atoms with E-state index in [9.17, 15) is 5.11 Å². The van der Waals surface area contributed by atoms with Crippen molar-refractivity contribution in [1.82, 2.24) is 0 Å². The fraction of sp³-hybridized carbons (Fsp3) is 0.333. The smallest absolute Gasteiger partial charge is 0.173 e. The molecule has 0 aliphatic heterocycles. The highest BCUT2D eigenvalue weighted by atomic mass is 79.9. The van der Waals surface area contributed by atoms with Crippen LogP contribution in [-0.4, -0.2) is 12.2 Å². The fourth-order valence-electron chi connectivity index (χ4n) is 1.10.